The van der Waals surface area contributed by atoms with Gasteiger partial charge in [-0.2, -0.15) is 0 Å². The molecule has 1 rings (SSSR count). The minimum Gasteiger partial charge on any atom is -0.387 e. The summed E-state index contributed by atoms with van der Waals surface area (Å²) < 4.78 is 0. The Morgan fingerprint density at radius 2 is 2.27 bits per heavy atom. The zero-order valence-electron chi connectivity index (χ0n) is 7.08. The number of aliphatic hydroxyl groups excluding tert-OH is 1. The topological polar surface area (TPSA) is 40.5 Å². The minimum atomic E-state index is -0.368. The number of likely N-dealkylation sites (N-methyl/N-ethyl adjacent to an activating group) is 1. The molecule has 1 unspecified atom stereocenters. The van der Waals surface area contributed by atoms with Crippen molar-refractivity contribution in [1.82, 2.24) is 4.90 Å². The zero-order valence-corrected chi connectivity index (χ0v) is 7.08. The number of carbonyl (C=O) groups excluding carboxylic acids is 1. The number of nitrogens with zero attached hydrogens (tertiary/aromatic N) is 1. The first-order chi connectivity index (χ1) is 5.16. The van der Waals surface area contributed by atoms with Gasteiger partial charge in [-0.05, 0) is 25.7 Å². The van der Waals surface area contributed by atoms with E-state index < -0.39 is 0 Å². The molecule has 3 nitrogen and oxygen atoms in total. The van der Waals surface area contributed by atoms with E-state index in [-0.39, 0.29) is 12.5 Å². The molecule has 0 aromatic rings. The van der Waals surface area contributed by atoms with E-state index in [0.717, 1.165) is 0 Å². The molecule has 3 heteroatoms. The Bertz CT molecular complexity index is 154. The Labute approximate surface area is 67.0 Å². The lowest BCUT2D eigenvalue weighted by molar-refractivity contribution is -0.135. The van der Waals surface area contributed by atoms with Crippen molar-refractivity contribution in [3.05, 3.63) is 0 Å². The van der Waals surface area contributed by atoms with Gasteiger partial charge >= 0.3 is 0 Å². The van der Waals surface area contributed by atoms with Gasteiger partial charge < -0.3 is 10.0 Å². The molecule has 0 saturated heterocycles. The van der Waals surface area contributed by atoms with E-state index in [1.807, 2.05) is 6.92 Å². The van der Waals surface area contributed by atoms with E-state index in [0.29, 0.717) is 12.0 Å². The number of carbonyl (C=O) groups is 1. The summed E-state index contributed by atoms with van der Waals surface area (Å²) in [5.41, 5.74) is 0. The molecule has 1 atom stereocenters. The highest BCUT2D eigenvalue weighted by molar-refractivity contribution is 5.77. The minimum absolute atomic E-state index is 0.176. The smallest absolute Gasteiger partial charge is 0.248 e. The van der Waals surface area contributed by atoms with E-state index >= 15 is 0 Å². The van der Waals surface area contributed by atoms with Gasteiger partial charge in [-0.3, -0.25) is 4.79 Å². The standard InChI is InChI=1S/C8H15NO2/c1-6(7-3-4-7)9(2)8(11)5-10/h6-7,10H,3-5H2,1-2H3. The molecule has 0 aromatic heterocycles. The maximum absolute atomic E-state index is 11.0. The van der Waals surface area contributed by atoms with Crippen molar-refractivity contribution in [2.24, 2.45) is 5.92 Å². The SMILES string of the molecule is CC(C1CC1)N(C)C(=O)CO. The van der Waals surface area contributed by atoms with Crippen LogP contribution >= 0.6 is 0 Å². The molecule has 1 saturated carbocycles. The normalized spacial score (nSPS) is 19.5. The van der Waals surface area contributed by atoms with Gasteiger partial charge in [0, 0.05) is 13.1 Å². The van der Waals surface area contributed by atoms with Crippen LogP contribution in [0.2, 0.25) is 0 Å². The average Bonchev–Trinajstić information content (AvgIpc) is 2.82. The van der Waals surface area contributed by atoms with Gasteiger partial charge in [-0.25, -0.2) is 0 Å². The molecule has 1 aliphatic carbocycles. The molecule has 1 amide bonds. The van der Waals surface area contributed by atoms with E-state index in [4.69, 9.17) is 5.11 Å². The van der Waals surface area contributed by atoms with E-state index in [9.17, 15) is 4.79 Å². The first-order valence-corrected chi connectivity index (χ1v) is 4.03. The molecule has 0 heterocycles. The molecule has 1 N–H and O–H groups in total. The zero-order chi connectivity index (χ0) is 8.43. The van der Waals surface area contributed by atoms with Gasteiger partial charge in [0.25, 0.3) is 0 Å². The second-order valence-corrected chi connectivity index (χ2v) is 3.24. The van der Waals surface area contributed by atoms with Crippen LogP contribution in [0, 0.1) is 5.92 Å². The van der Waals surface area contributed by atoms with Gasteiger partial charge in [0.2, 0.25) is 5.91 Å². The number of hydrogen-bond acceptors (Lipinski definition) is 2. The Hall–Kier alpha value is -0.570. The quantitative estimate of drug-likeness (QED) is 0.637. The van der Waals surface area contributed by atoms with Crippen LogP contribution in [0.15, 0.2) is 0 Å². The monoisotopic (exact) mass is 157 g/mol. The summed E-state index contributed by atoms with van der Waals surface area (Å²) >= 11 is 0. The molecule has 0 aliphatic heterocycles. The average molecular weight is 157 g/mol. The van der Waals surface area contributed by atoms with Crippen LogP contribution in [-0.2, 0) is 4.79 Å². The predicted molar refractivity (Wildman–Crippen MR) is 42.0 cm³/mol. The third-order valence-electron chi connectivity index (χ3n) is 2.44. The third kappa shape index (κ3) is 1.93. The highest BCUT2D eigenvalue weighted by atomic mass is 16.3. The molecule has 1 fully saturated rings. The molecule has 0 radical (unpaired) electrons. The first-order valence-electron chi connectivity index (χ1n) is 4.03. The lowest BCUT2D eigenvalue weighted by atomic mass is 10.2. The van der Waals surface area contributed by atoms with E-state index in [1.165, 1.54) is 12.8 Å². The fourth-order valence-electron chi connectivity index (χ4n) is 1.23. The Morgan fingerprint density at radius 3 is 2.64 bits per heavy atom. The van der Waals surface area contributed by atoms with Crippen molar-refractivity contribution >= 4 is 5.91 Å². The van der Waals surface area contributed by atoms with Gasteiger partial charge in [-0.1, -0.05) is 0 Å². The second kappa shape index (κ2) is 3.22. The van der Waals surface area contributed by atoms with Crippen molar-refractivity contribution < 1.29 is 9.90 Å². The van der Waals surface area contributed by atoms with Crippen molar-refractivity contribution in [1.29, 1.82) is 0 Å². The fraction of sp³-hybridized carbons (Fsp3) is 0.875. The highest BCUT2D eigenvalue weighted by Crippen LogP contribution is 2.34. The van der Waals surface area contributed by atoms with Gasteiger partial charge in [0.15, 0.2) is 0 Å². The molecule has 0 spiro atoms. The summed E-state index contributed by atoms with van der Waals surface area (Å²) in [6, 6.07) is 0.301. The fourth-order valence-corrected chi connectivity index (χ4v) is 1.23. The van der Waals surface area contributed by atoms with E-state index in [2.05, 4.69) is 0 Å². The van der Waals surface area contributed by atoms with Crippen LogP contribution in [0.4, 0.5) is 0 Å². The van der Waals surface area contributed by atoms with Crippen molar-refractivity contribution in [3.8, 4) is 0 Å². The Kier molecular flexibility index (Phi) is 2.49. The lowest BCUT2D eigenvalue weighted by Crippen LogP contribution is -2.38. The summed E-state index contributed by atoms with van der Waals surface area (Å²) in [4.78, 5) is 12.6. The van der Waals surface area contributed by atoms with Gasteiger partial charge in [0.05, 0.1) is 0 Å². The first kappa shape index (κ1) is 8.53. The Morgan fingerprint density at radius 1 is 1.73 bits per heavy atom. The van der Waals surface area contributed by atoms with Crippen LogP contribution in [0.25, 0.3) is 0 Å². The van der Waals surface area contributed by atoms with Crippen LogP contribution in [0.3, 0.4) is 0 Å². The summed E-state index contributed by atoms with van der Waals surface area (Å²) in [5.74, 6) is 0.500. The summed E-state index contributed by atoms with van der Waals surface area (Å²) in [6.07, 6.45) is 2.45. The molecular weight excluding hydrogens is 142 g/mol. The molecule has 0 aromatic carbocycles. The maximum atomic E-state index is 11.0. The molecule has 1 aliphatic rings. The van der Waals surface area contributed by atoms with Crippen LogP contribution in [-0.4, -0.2) is 35.6 Å². The van der Waals surface area contributed by atoms with Crippen LogP contribution in [0.1, 0.15) is 19.8 Å². The molecule has 64 valence electrons. The van der Waals surface area contributed by atoms with Gasteiger partial charge in [0.1, 0.15) is 6.61 Å². The summed E-state index contributed by atoms with van der Waals surface area (Å²) in [5, 5.41) is 8.57. The summed E-state index contributed by atoms with van der Waals surface area (Å²) in [6.45, 7) is 1.67. The van der Waals surface area contributed by atoms with E-state index in [1.54, 1.807) is 11.9 Å². The molecule has 0 bridgehead atoms. The summed E-state index contributed by atoms with van der Waals surface area (Å²) in [7, 11) is 1.75. The molecular formula is C8H15NO2. The van der Waals surface area contributed by atoms with Crippen molar-refractivity contribution in [2.45, 2.75) is 25.8 Å². The molecule has 11 heavy (non-hydrogen) atoms. The van der Waals surface area contributed by atoms with Crippen LogP contribution in [0.5, 0.6) is 0 Å². The number of hydrogen-bond donors (Lipinski definition) is 1. The van der Waals surface area contributed by atoms with Crippen LogP contribution < -0.4 is 0 Å². The highest BCUT2D eigenvalue weighted by Gasteiger charge is 2.31. The largest absolute Gasteiger partial charge is 0.387 e. The lowest BCUT2D eigenvalue weighted by Gasteiger charge is -2.23. The second-order valence-electron chi connectivity index (χ2n) is 3.24. The van der Waals surface area contributed by atoms with Gasteiger partial charge in [-0.15, -0.1) is 0 Å². The number of amides is 1. The van der Waals surface area contributed by atoms with Crippen molar-refractivity contribution in [3.63, 3.8) is 0 Å². The third-order valence-corrected chi connectivity index (χ3v) is 2.44. The number of aliphatic hydroxyl groups is 1. The Balaban J connectivity index is 2.38. The van der Waals surface area contributed by atoms with Crippen molar-refractivity contribution in [2.75, 3.05) is 13.7 Å². The number of rotatable bonds is 3. The maximum Gasteiger partial charge on any atom is 0.248 e. The predicted octanol–water partition coefficient (Wildman–Crippen LogP) is 0.236.